The van der Waals surface area contributed by atoms with Crippen LogP contribution >= 0.6 is 0 Å². The van der Waals surface area contributed by atoms with Crippen molar-refractivity contribution in [2.24, 2.45) is 0 Å². The molecule has 5 nitrogen and oxygen atoms in total. The van der Waals surface area contributed by atoms with Crippen LogP contribution in [0.2, 0.25) is 0 Å². The van der Waals surface area contributed by atoms with Crippen molar-refractivity contribution in [1.29, 1.82) is 0 Å². The fourth-order valence-electron chi connectivity index (χ4n) is 2.86. The standard InChI is InChI=1S/C18H17F3N2O3S/c19-14-7-5-13(11-16(14)21)22-18(24)12-4-6-15(20)17(10-12)27(25,26)23-8-2-1-3-9-23/h4-7,10-11H,1-3,8-9H2,(H,22,24). The Kier molecular flexibility index (Phi) is 5.52. The Morgan fingerprint density at radius 2 is 1.56 bits per heavy atom. The Labute approximate surface area is 154 Å². The van der Waals surface area contributed by atoms with E-state index in [0.717, 1.165) is 42.8 Å². The zero-order valence-corrected chi connectivity index (χ0v) is 15.0. The van der Waals surface area contributed by atoms with E-state index < -0.39 is 38.3 Å². The number of piperidine rings is 1. The van der Waals surface area contributed by atoms with Crippen LogP contribution in [-0.2, 0) is 10.0 Å². The Morgan fingerprint density at radius 1 is 0.889 bits per heavy atom. The van der Waals surface area contributed by atoms with E-state index in [1.807, 2.05) is 0 Å². The number of hydrogen-bond donors (Lipinski definition) is 1. The summed E-state index contributed by atoms with van der Waals surface area (Å²) in [5, 5.41) is 2.33. The molecule has 0 bridgehead atoms. The second-order valence-electron chi connectivity index (χ2n) is 6.19. The molecule has 0 aromatic heterocycles. The normalized spacial score (nSPS) is 15.5. The minimum atomic E-state index is -4.07. The molecule has 2 aromatic carbocycles. The van der Waals surface area contributed by atoms with Crippen LogP contribution in [0.25, 0.3) is 0 Å². The lowest BCUT2D eigenvalue weighted by atomic mass is 10.2. The van der Waals surface area contributed by atoms with Crippen molar-refractivity contribution < 1.29 is 26.4 Å². The average Bonchev–Trinajstić information content (AvgIpc) is 2.65. The third-order valence-corrected chi connectivity index (χ3v) is 6.22. The van der Waals surface area contributed by atoms with Gasteiger partial charge in [-0.05, 0) is 43.2 Å². The Morgan fingerprint density at radius 3 is 2.22 bits per heavy atom. The summed E-state index contributed by atoms with van der Waals surface area (Å²) in [4.78, 5) is 11.7. The summed E-state index contributed by atoms with van der Waals surface area (Å²) < 4.78 is 67.0. The SMILES string of the molecule is O=C(Nc1ccc(F)c(F)c1)c1ccc(F)c(S(=O)(=O)N2CCCCC2)c1. The number of carbonyl (C=O) groups excluding carboxylic acids is 1. The number of rotatable bonds is 4. The van der Waals surface area contributed by atoms with E-state index in [9.17, 15) is 26.4 Å². The molecule has 1 saturated heterocycles. The zero-order valence-electron chi connectivity index (χ0n) is 14.2. The summed E-state index contributed by atoms with van der Waals surface area (Å²) in [5.74, 6) is -3.92. The van der Waals surface area contributed by atoms with Crippen LogP contribution in [0, 0.1) is 17.5 Å². The molecule has 0 unspecified atom stereocenters. The van der Waals surface area contributed by atoms with Crippen molar-refractivity contribution >= 4 is 21.6 Å². The number of benzene rings is 2. The second kappa shape index (κ2) is 7.69. The van der Waals surface area contributed by atoms with Gasteiger partial charge >= 0.3 is 0 Å². The maximum atomic E-state index is 14.2. The number of carbonyl (C=O) groups is 1. The van der Waals surface area contributed by atoms with Gasteiger partial charge in [-0.15, -0.1) is 0 Å². The molecule has 1 amide bonds. The van der Waals surface area contributed by atoms with Gasteiger partial charge in [0.25, 0.3) is 5.91 Å². The predicted octanol–water partition coefficient (Wildman–Crippen LogP) is 3.53. The largest absolute Gasteiger partial charge is 0.322 e. The first kappa shape index (κ1) is 19.4. The molecule has 0 atom stereocenters. The lowest BCUT2D eigenvalue weighted by Crippen LogP contribution is -2.36. The number of nitrogens with zero attached hydrogens (tertiary/aromatic N) is 1. The molecule has 144 valence electrons. The Hall–Kier alpha value is -2.39. The molecule has 3 rings (SSSR count). The molecule has 27 heavy (non-hydrogen) atoms. The average molecular weight is 398 g/mol. The van der Waals surface area contributed by atoms with Gasteiger partial charge in [0.05, 0.1) is 0 Å². The predicted molar refractivity (Wildman–Crippen MR) is 93.3 cm³/mol. The highest BCUT2D eigenvalue weighted by molar-refractivity contribution is 7.89. The van der Waals surface area contributed by atoms with Gasteiger partial charge in [0.2, 0.25) is 10.0 Å². The van der Waals surface area contributed by atoms with Gasteiger partial charge in [-0.25, -0.2) is 21.6 Å². The van der Waals surface area contributed by atoms with E-state index in [-0.39, 0.29) is 11.3 Å². The number of hydrogen-bond acceptors (Lipinski definition) is 3. The van der Waals surface area contributed by atoms with Crippen LogP contribution < -0.4 is 5.32 Å². The summed E-state index contributed by atoms with van der Waals surface area (Å²) in [5.41, 5.74) is -0.125. The van der Waals surface area contributed by atoms with Gasteiger partial charge in [-0.2, -0.15) is 4.31 Å². The number of sulfonamides is 1. The van der Waals surface area contributed by atoms with Crippen LogP contribution in [0.5, 0.6) is 0 Å². The molecular weight excluding hydrogens is 381 g/mol. The van der Waals surface area contributed by atoms with Crippen molar-refractivity contribution in [3.8, 4) is 0 Å². The summed E-state index contributed by atoms with van der Waals surface area (Å²) in [6.07, 6.45) is 2.29. The first-order chi connectivity index (χ1) is 12.8. The molecule has 1 heterocycles. The fourth-order valence-corrected chi connectivity index (χ4v) is 4.47. The van der Waals surface area contributed by atoms with Crippen molar-refractivity contribution in [3.05, 3.63) is 59.4 Å². The smallest absolute Gasteiger partial charge is 0.255 e. The highest BCUT2D eigenvalue weighted by atomic mass is 32.2. The third-order valence-electron chi connectivity index (χ3n) is 4.30. The molecule has 0 saturated carbocycles. The van der Waals surface area contributed by atoms with Crippen LogP contribution in [0.4, 0.5) is 18.9 Å². The molecule has 1 fully saturated rings. The van der Waals surface area contributed by atoms with E-state index >= 15 is 0 Å². The van der Waals surface area contributed by atoms with E-state index in [2.05, 4.69) is 5.32 Å². The van der Waals surface area contributed by atoms with E-state index in [0.29, 0.717) is 25.9 Å². The first-order valence-electron chi connectivity index (χ1n) is 8.35. The van der Waals surface area contributed by atoms with Crippen molar-refractivity contribution in [1.82, 2.24) is 4.31 Å². The molecule has 0 spiro atoms. The zero-order chi connectivity index (χ0) is 19.6. The molecule has 9 heteroatoms. The lowest BCUT2D eigenvalue weighted by Gasteiger charge is -2.26. The monoisotopic (exact) mass is 398 g/mol. The Balaban J connectivity index is 1.88. The highest BCUT2D eigenvalue weighted by Crippen LogP contribution is 2.24. The van der Waals surface area contributed by atoms with E-state index in [4.69, 9.17) is 0 Å². The molecule has 0 radical (unpaired) electrons. The maximum absolute atomic E-state index is 14.2. The summed E-state index contributed by atoms with van der Waals surface area (Å²) >= 11 is 0. The van der Waals surface area contributed by atoms with Gasteiger partial charge in [-0.3, -0.25) is 4.79 Å². The molecule has 1 aliphatic rings. The lowest BCUT2D eigenvalue weighted by molar-refractivity contribution is 0.102. The van der Waals surface area contributed by atoms with Gasteiger partial charge in [0.15, 0.2) is 11.6 Å². The van der Waals surface area contributed by atoms with Crippen LogP contribution in [0.3, 0.4) is 0 Å². The summed E-state index contributed by atoms with van der Waals surface area (Å²) in [6, 6.07) is 5.78. The number of nitrogens with one attached hydrogen (secondary N) is 1. The van der Waals surface area contributed by atoms with Gasteiger partial charge in [0, 0.05) is 30.4 Å². The van der Waals surface area contributed by atoms with E-state index in [1.54, 1.807) is 0 Å². The topological polar surface area (TPSA) is 66.5 Å². The third kappa shape index (κ3) is 4.14. The van der Waals surface area contributed by atoms with Crippen molar-refractivity contribution in [2.45, 2.75) is 24.2 Å². The first-order valence-corrected chi connectivity index (χ1v) is 9.79. The van der Waals surface area contributed by atoms with Crippen molar-refractivity contribution in [3.63, 3.8) is 0 Å². The van der Waals surface area contributed by atoms with Gasteiger partial charge in [-0.1, -0.05) is 6.42 Å². The minimum absolute atomic E-state index is 0.0105. The Bertz CT molecular complexity index is 974. The van der Waals surface area contributed by atoms with Gasteiger partial charge in [0.1, 0.15) is 10.7 Å². The summed E-state index contributed by atoms with van der Waals surface area (Å²) in [7, 11) is -4.07. The number of halogens is 3. The number of anilines is 1. The quantitative estimate of drug-likeness (QED) is 0.857. The van der Waals surface area contributed by atoms with Crippen LogP contribution in [0.1, 0.15) is 29.6 Å². The van der Waals surface area contributed by atoms with Crippen LogP contribution in [0.15, 0.2) is 41.3 Å². The van der Waals surface area contributed by atoms with Crippen molar-refractivity contribution in [2.75, 3.05) is 18.4 Å². The number of amides is 1. The minimum Gasteiger partial charge on any atom is -0.322 e. The van der Waals surface area contributed by atoms with E-state index in [1.165, 1.54) is 4.31 Å². The molecule has 0 aliphatic carbocycles. The van der Waals surface area contributed by atoms with Crippen LogP contribution in [-0.4, -0.2) is 31.7 Å². The molecule has 2 aromatic rings. The molecule has 1 aliphatic heterocycles. The molecular formula is C18H17F3N2O3S. The summed E-state index contributed by atoms with van der Waals surface area (Å²) in [6.45, 7) is 0.597. The maximum Gasteiger partial charge on any atom is 0.255 e. The highest BCUT2D eigenvalue weighted by Gasteiger charge is 2.29. The fraction of sp³-hybridized carbons (Fsp3) is 0.278. The van der Waals surface area contributed by atoms with Gasteiger partial charge < -0.3 is 5.32 Å². The molecule has 1 N–H and O–H groups in total. The second-order valence-corrected chi connectivity index (χ2v) is 8.10.